The Morgan fingerprint density at radius 1 is 1.30 bits per heavy atom. The highest BCUT2D eigenvalue weighted by Crippen LogP contribution is 2.32. The second-order valence-electron chi connectivity index (χ2n) is 4.79. The highest BCUT2D eigenvalue weighted by atomic mass is 17.2. The molecule has 20 heavy (non-hydrogen) atoms. The van der Waals surface area contributed by atoms with Crippen molar-refractivity contribution in [3.63, 3.8) is 0 Å². The van der Waals surface area contributed by atoms with Crippen molar-refractivity contribution in [3.8, 4) is 0 Å². The third kappa shape index (κ3) is 2.79. The molecule has 2 aromatic rings. The lowest BCUT2D eigenvalue weighted by Crippen LogP contribution is -2.12. The minimum Gasteiger partial charge on any atom is -0.363 e. The maximum absolute atomic E-state index is 5.33. The largest absolute Gasteiger partial charge is 0.363 e. The molecule has 2 unspecified atom stereocenters. The highest BCUT2D eigenvalue weighted by molar-refractivity contribution is 5.40. The van der Waals surface area contributed by atoms with E-state index in [2.05, 4.69) is 34.3 Å². The molecule has 0 saturated carbocycles. The van der Waals surface area contributed by atoms with E-state index in [1.165, 1.54) is 17.5 Å². The van der Waals surface area contributed by atoms with Gasteiger partial charge in [0.05, 0.1) is 12.6 Å². The van der Waals surface area contributed by atoms with Crippen LogP contribution in [0.15, 0.2) is 42.9 Å². The average Bonchev–Trinajstić information content (AvgIpc) is 3.02. The summed E-state index contributed by atoms with van der Waals surface area (Å²) in [7, 11) is 0. The third-order valence-corrected chi connectivity index (χ3v) is 3.40. The highest BCUT2D eigenvalue weighted by Gasteiger charge is 2.23. The van der Waals surface area contributed by atoms with Gasteiger partial charge in [0.15, 0.2) is 0 Å². The quantitative estimate of drug-likeness (QED) is 0.866. The van der Waals surface area contributed by atoms with E-state index >= 15 is 0 Å². The van der Waals surface area contributed by atoms with Crippen LogP contribution in [0.1, 0.15) is 36.6 Å². The van der Waals surface area contributed by atoms with Gasteiger partial charge < -0.3 is 5.32 Å². The van der Waals surface area contributed by atoms with Crippen LogP contribution in [0.2, 0.25) is 0 Å². The molecule has 0 radical (unpaired) electrons. The van der Waals surface area contributed by atoms with Crippen LogP contribution in [0, 0.1) is 0 Å². The van der Waals surface area contributed by atoms with Crippen LogP contribution in [-0.4, -0.2) is 16.6 Å². The Hall–Kier alpha value is -1.98. The third-order valence-electron chi connectivity index (χ3n) is 3.40. The molecule has 5 heteroatoms. The van der Waals surface area contributed by atoms with E-state index in [1.807, 2.05) is 18.2 Å². The first-order valence-corrected chi connectivity index (χ1v) is 6.74. The van der Waals surface area contributed by atoms with E-state index in [9.17, 15) is 0 Å². The van der Waals surface area contributed by atoms with Crippen LogP contribution in [0.4, 0.5) is 5.82 Å². The van der Waals surface area contributed by atoms with Gasteiger partial charge in [0, 0.05) is 12.6 Å². The SMILES string of the molecule is CC(Nc1ccncn1)c1ccccc1C1CCOO1. The Morgan fingerprint density at radius 3 is 2.95 bits per heavy atom. The lowest BCUT2D eigenvalue weighted by atomic mass is 9.96. The smallest absolute Gasteiger partial charge is 0.129 e. The summed E-state index contributed by atoms with van der Waals surface area (Å²) < 4.78 is 0. The molecule has 1 aliphatic heterocycles. The van der Waals surface area contributed by atoms with Gasteiger partial charge in [-0.2, -0.15) is 0 Å². The average molecular weight is 271 g/mol. The summed E-state index contributed by atoms with van der Waals surface area (Å²) >= 11 is 0. The van der Waals surface area contributed by atoms with Crippen molar-refractivity contribution in [2.75, 3.05) is 11.9 Å². The normalized spacial score (nSPS) is 19.8. The number of nitrogens with one attached hydrogen (secondary N) is 1. The first-order valence-electron chi connectivity index (χ1n) is 6.74. The van der Waals surface area contributed by atoms with Crippen LogP contribution in [0.3, 0.4) is 0 Å². The monoisotopic (exact) mass is 271 g/mol. The first-order chi connectivity index (χ1) is 9.84. The molecule has 0 bridgehead atoms. The van der Waals surface area contributed by atoms with Crippen molar-refractivity contribution >= 4 is 5.82 Å². The van der Waals surface area contributed by atoms with E-state index < -0.39 is 0 Å². The number of nitrogens with zero attached hydrogens (tertiary/aromatic N) is 2. The maximum Gasteiger partial charge on any atom is 0.129 e. The summed E-state index contributed by atoms with van der Waals surface area (Å²) in [5.74, 6) is 0.811. The lowest BCUT2D eigenvalue weighted by Gasteiger charge is -2.20. The number of aromatic nitrogens is 2. The van der Waals surface area contributed by atoms with Crippen molar-refractivity contribution in [3.05, 3.63) is 54.0 Å². The van der Waals surface area contributed by atoms with E-state index in [-0.39, 0.29) is 12.1 Å². The van der Waals surface area contributed by atoms with Gasteiger partial charge in [0.25, 0.3) is 0 Å². The number of hydrogen-bond acceptors (Lipinski definition) is 5. The molecule has 104 valence electrons. The molecule has 2 atom stereocenters. The van der Waals surface area contributed by atoms with Gasteiger partial charge in [-0.05, 0) is 24.1 Å². The van der Waals surface area contributed by atoms with Gasteiger partial charge in [-0.1, -0.05) is 24.3 Å². The Balaban J connectivity index is 1.82. The molecule has 1 aromatic carbocycles. The summed E-state index contributed by atoms with van der Waals surface area (Å²) in [6.07, 6.45) is 4.16. The van der Waals surface area contributed by atoms with E-state index in [1.54, 1.807) is 6.20 Å². The van der Waals surface area contributed by atoms with E-state index in [0.29, 0.717) is 6.61 Å². The van der Waals surface area contributed by atoms with Crippen LogP contribution >= 0.6 is 0 Å². The molecule has 1 aromatic heterocycles. The predicted octanol–water partition coefficient (Wildman–Crippen LogP) is 3.04. The van der Waals surface area contributed by atoms with E-state index in [4.69, 9.17) is 9.78 Å². The van der Waals surface area contributed by atoms with Crippen molar-refractivity contribution < 1.29 is 9.78 Å². The van der Waals surface area contributed by atoms with Gasteiger partial charge in [0.1, 0.15) is 18.2 Å². The Labute approximate surface area is 117 Å². The Bertz CT molecular complexity index is 556. The summed E-state index contributed by atoms with van der Waals surface area (Å²) in [4.78, 5) is 18.5. The van der Waals surface area contributed by atoms with Crippen molar-refractivity contribution in [1.29, 1.82) is 0 Å². The molecule has 3 rings (SSSR count). The minimum absolute atomic E-state index is 0.0147. The van der Waals surface area contributed by atoms with Gasteiger partial charge in [-0.15, -0.1) is 0 Å². The standard InChI is InChI=1S/C15H17N3O2/c1-11(18-15-6-8-16-10-17-15)12-4-2-3-5-13(12)14-7-9-19-20-14/h2-6,8,10-11,14H,7,9H2,1H3,(H,16,17,18). The molecule has 1 aliphatic rings. The molecule has 2 heterocycles. The van der Waals surface area contributed by atoms with Crippen LogP contribution in [-0.2, 0) is 9.78 Å². The summed E-state index contributed by atoms with van der Waals surface area (Å²) in [6, 6.07) is 10.2. The molecule has 1 fully saturated rings. The van der Waals surface area contributed by atoms with Crippen molar-refractivity contribution in [2.45, 2.75) is 25.5 Å². The van der Waals surface area contributed by atoms with Gasteiger partial charge in [0.2, 0.25) is 0 Å². The fourth-order valence-corrected chi connectivity index (χ4v) is 2.41. The number of rotatable bonds is 4. The van der Waals surface area contributed by atoms with Crippen LogP contribution < -0.4 is 5.32 Å². The molecular formula is C15H17N3O2. The number of anilines is 1. The summed E-state index contributed by atoms with van der Waals surface area (Å²) in [5, 5.41) is 3.37. The molecule has 5 nitrogen and oxygen atoms in total. The zero-order valence-electron chi connectivity index (χ0n) is 11.3. The first kappa shape index (κ1) is 13.0. The fourth-order valence-electron chi connectivity index (χ4n) is 2.41. The molecule has 0 spiro atoms. The Kier molecular flexibility index (Phi) is 3.90. The summed E-state index contributed by atoms with van der Waals surface area (Å²) in [5.41, 5.74) is 2.36. The number of benzene rings is 1. The fraction of sp³-hybridized carbons (Fsp3) is 0.333. The molecule has 0 amide bonds. The van der Waals surface area contributed by atoms with Gasteiger partial charge >= 0.3 is 0 Å². The van der Waals surface area contributed by atoms with Gasteiger partial charge in [-0.25, -0.2) is 19.7 Å². The minimum atomic E-state index is 0.0147. The van der Waals surface area contributed by atoms with Gasteiger partial charge in [-0.3, -0.25) is 0 Å². The van der Waals surface area contributed by atoms with Crippen LogP contribution in [0.5, 0.6) is 0 Å². The molecule has 1 saturated heterocycles. The molecular weight excluding hydrogens is 254 g/mol. The second-order valence-corrected chi connectivity index (χ2v) is 4.79. The maximum atomic E-state index is 5.33. The van der Waals surface area contributed by atoms with Crippen molar-refractivity contribution in [1.82, 2.24) is 9.97 Å². The number of hydrogen-bond donors (Lipinski definition) is 1. The topological polar surface area (TPSA) is 56.3 Å². The molecule has 1 N–H and O–H groups in total. The zero-order valence-corrected chi connectivity index (χ0v) is 11.3. The second kappa shape index (κ2) is 5.98. The van der Waals surface area contributed by atoms with E-state index in [0.717, 1.165) is 12.2 Å². The van der Waals surface area contributed by atoms with Crippen molar-refractivity contribution in [2.24, 2.45) is 0 Å². The zero-order chi connectivity index (χ0) is 13.8. The lowest BCUT2D eigenvalue weighted by molar-refractivity contribution is -0.276. The van der Waals surface area contributed by atoms with Crippen LogP contribution in [0.25, 0.3) is 0 Å². The summed E-state index contributed by atoms with van der Waals surface area (Å²) in [6.45, 7) is 2.75. The Morgan fingerprint density at radius 2 is 2.20 bits per heavy atom. The predicted molar refractivity (Wildman–Crippen MR) is 74.9 cm³/mol. The molecule has 0 aliphatic carbocycles.